The molecular weight excluding hydrogens is 420 g/mol. The Morgan fingerprint density at radius 1 is 0.941 bits per heavy atom. The van der Waals surface area contributed by atoms with E-state index in [-0.39, 0.29) is 5.91 Å². The van der Waals surface area contributed by atoms with Crippen LogP contribution in [-0.4, -0.2) is 48.5 Å². The van der Waals surface area contributed by atoms with E-state index < -0.39 is 0 Å². The number of carbonyl (C=O) groups excluding carboxylic acids is 1. The van der Waals surface area contributed by atoms with E-state index in [1.165, 1.54) is 19.4 Å². The van der Waals surface area contributed by atoms with E-state index in [2.05, 4.69) is 36.2 Å². The van der Waals surface area contributed by atoms with Crippen molar-refractivity contribution in [3.63, 3.8) is 0 Å². The van der Waals surface area contributed by atoms with Crippen molar-refractivity contribution in [1.29, 1.82) is 0 Å². The van der Waals surface area contributed by atoms with Gasteiger partial charge in [0.05, 0.1) is 6.61 Å². The monoisotopic (exact) mass is 454 g/mol. The van der Waals surface area contributed by atoms with E-state index in [4.69, 9.17) is 4.74 Å². The van der Waals surface area contributed by atoms with Crippen molar-refractivity contribution in [1.82, 2.24) is 9.80 Å². The summed E-state index contributed by atoms with van der Waals surface area (Å²) >= 11 is 0. The quantitative estimate of drug-likeness (QED) is 0.426. The normalized spacial score (nSPS) is 18.4. The van der Waals surface area contributed by atoms with Crippen molar-refractivity contribution in [2.24, 2.45) is 5.92 Å². The maximum absolute atomic E-state index is 13.4. The van der Waals surface area contributed by atoms with Crippen molar-refractivity contribution in [2.45, 2.75) is 38.3 Å². The van der Waals surface area contributed by atoms with Gasteiger partial charge in [0.1, 0.15) is 5.75 Å². The molecule has 34 heavy (non-hydrogen) atoms. The average Bonchev–Trinajstić information content (AvgIpc) is 3.72. The van der Waals surface area contributed by atoms with Gasteiger partial charge in [-0.05, 0) is 80.2 Å². The molecule has 4 nitrogen and oxygen atoms in total. The van der Waals surface area contributed by atoms with Crippen molar-refractivity contribution < 1.29 is 9.53 Å². The van der Waals surface area contributed by atoms with Crippen LogP contribution in [0.25, 0.3) is 11.1 Å². The van der Waals surface area contributed by atoms with Crippen LogP contribution in [-0.2, 0) is 6.54 Å². The van der Waals surface area contributed by atoms with E-state index in [9.17, 15) is 4.79 Å². The topological polar surface area (TPSA) is 32.8 Å². The Hall–Kier alpha value is -3.11. The van der Waals surface area contributed by atoms with Crippen molar-refractivity contribution >= 4 is 5.91 Å². The second kappa shape index (κ2) is 10.4. The number of amides is 1. The summed E-state index contributed by atoms with van der Waals surface area (Å²) in [6, 6.07) is 26.9. The molecule has 2 fully saturated rings. The molecule has 0 N–H and O–H groups in total. The lowest BCUT2D eigenvalue weighted by Gasteiger charge is -2.29. The third kappa shape index (κ3) is 5.68. The zero-order chi connectivity index (χ0) is 23.3. The van der Waals surface area contributed by atoms with Crippen LogP contribution in [0.1, 0.15) is 41.6 Å². The highest BCUT2D eigenvalue weighted by molar-refractivity contribution is 5.95. The van der Waals surface area contributed by atoms with E-state index in [1.807, 2.05) is 59.5 Å². The van der Waals surface area contributed by atoms with Crippen LogP contribution in [0.2, 0.25) is 0 Å². The fourth-order valence-electron chi connectivity index (χ4n) is 4.91. The molecule has 0 spiro atoms. The van der Waals surface area contributed by atoms with E-state index >= 15 is 0 Å². The van der Waals surface area contributed by atoms with Crippen molar-refractivity contribution in [2.75, 3.05) is 26.7 Å². The number of hydrogen-bond acceptors (Lipinski definition) is 3. The highest BCUT2D eigenvalue weighted by Crippen LogP contribution is 2.31. The Morgan fingerprint density at radius 2 is 1.71 bits per heavy atom. The van der Waals surface area contributed by atoms with Gasteiger partial charge in [-0.3, -0.25) is 4.79 Å². The summed E-state index contributed by atoms with van der Waals surface area (Å²) < 4.78 is 6.16. The lowest BCUT2D eigenvalue weighted by molar-refractivity contribution is 0.0729. The second-order valence-corrected chi connectivity index (χ2v) is 9.84. The van der Waals surface area contributed by atoms with Crippen LogP contribution < -0.4 is 4.74 Å². The number of likely N-dealkylation sites (tertiary alicyclic amines) is 1. The molecule has 2 aliphatic rings. The summed E-state index contributed by atoms with van der Waals surface area (Å²) in [6.07, 6.45) is 4.64. The summed E-state index contributed by atoms with van der Waals surface area (Å²) in [7, 11) is 2.19. The minimum absolute atomic E-state index is 0.110. The number of ether oxygens (including phenoxy) is 1. The molecule has 3 aromatic rings. The average molecular weight is 455 g/mol. The van der Waals surface area contributed by atoms with Gasteiger partial charge >= 0.3 is 0 Å². The highest BCUT2D eigenvalue weighted by atomic mass is 16.5. The molecule has 1 aliphatic heterocycles. The van der Waals surface area contributed by atoms with Gasteiger partial charge in [0, 0.05) is 30.6 Å². The van der Waals surface area contributed by atoms with Crippen LogP contribution in [0.5, 0.6) is 5.75 Å². The SMILES string of the molecule is CN1CCC[C@H](COc2cccc(CN(C(=O)c3ccc(-c4ccccc4)cc3)C3CC3)c2)C1. The van der Waals surface area contributed by atoms with Gasteiger partial charge in [0.2, 0.25) is 0 Å². The molecule has 3 aromatic carbocycles. The summed E-state index contributed by atoms with van der Waals surface area (Å²) in [5.74, 6) is 1.60. The standard InChI is InChI=1S/C30H34N2O2/c1-31-18-6-8-24(20-31)22-34-29-11-5-7-23(19-29)21-32(28-16-17-28)30(33)27-14-12-26(13-15-27)25-9-3-2-4-10-25/h2-5,7,9-15,19,24,28H,6,8,16-18,20-22H2,1H3/t24-/m0/s1. The lowest BCUT2D eigenvalue weighted by Crippen LogP contribution is -2.34. The van der Waals surface area contributed by atoms with Crippen LogP contribution in [0.15, 0.2) is 78.9 Å². The molecule has 1 heterocycles. The smallest absolute Gasteiger partial charge is 0.254 e. The molecule has 5 rings (SSSR count). The molecule has 0 aromatic heterocycles. The number of carbonyl (C=O) groups is 1. The molecule has 176 valence electrons. The Morgan fingerprint density at radius 3 is 2.44 bits per heavy atom. The van der Waals surface area contributed by atoms with Crippen LogP contribution in [0.4, 0.5) is 0 Å². The maximum Gasteiger partial charge on any atom is 0.254 e. The first-order chi connectivity index (χ1) is 16.7. The third-order valence-electron chi connectivity index (χ3n) is 6.95. The predicted octanol–water partition coefficient (Wildman–Crippen LogP) is 5.88. The minimum Gasteiger partial charge on any atom is -0.493 e. The molecule has 4 heteroatoms. The number of nitrogens with zero attached hydrogens (tertiary/aromatic N) is 2. The minimum atomic E-state index is 0.110. The van der Waals surface area contributed by atoms with Gasteiger partial charge in [-0.2, -0.15) is 0 Å². The van der Waals surface area contributed by atoms with Gasteiger partial charge in [0.25, 0.3) is 5.91 Å². The largest absolute Gasteiger partial charge is 0.493 e. The summed E-state index contributed by atoms with van der Waals surface area (Å²) in [5, 5.41) is 0. The second-order valence-electron chi connectivity index (χ2n) is 9.84. The first kappa shape index (κ1) is 22.7. The Bertz CT molecular complexity index is 1090. The summed E-state index contributed by atoms with van der Waals surface area (Å²) in [5.41, 5.74) is 4.17. The predicted molar refractivity (Wildman–Crippen MR) is 137 cm³/mol. The molecule has 1 amide bonds. The van der Waals surface area contributed by atoms with Crippen molar-refractivity contribution in [3.05, 3.63) is 90.0 Å². The molecule has 0 radical (unpaired) electrons. The first-order valence-electron chi connectivity index (χ1n) is 12.5. The van der Waals surface area contributed by atoms with Gasteiger partial charge in [-0.25, -0.2) is 0 Å². The number of piperidine rings is 1. The molecular formula is C30H34N2O2. The summed E-state index contributed by atoms with van der Waals surface area (Å²) in [6.45, 7) is 3.67. The zero-order valence-corrected chi connectivity index (χ0v) is 20.0. The van der Waals surface area contributed by atoms with Gasteiger partial charge in [-0.15, -0.1) is 0 Å². The number of rotatable bonds is 8. The Balaban J connectivity index is 1.24. The zero-order valence-electron chi connectivity index (χ0n) is 20.0. The number of benzene rings is 3. The molecule has 1 atom stereocenters. The molecule has 0 unspecified atom stereocenters. The lowest BCUT2D eigenvalue weighted by atomic mass is 9.99. The van der Waals surface area contributed by atoms with E-state index in [1.54, 1.807) is 0 Å². The molecule has 1 saturated carbocycles. The number of hydrogen-bond donors (Lipinski definition) is 0. The van der Waals surface area contributed by atoms with E-state index in [0.29, 0.717) is 18.5 Å². The Kier molecular flexibility index (Phi) is 6.96. The van der Waals surface area contributed by atoms with Crippen molar-refractivity contribution in [3.8, 4) is 16.9 Å². The van der Waals surface area contributed by atoms with Crippen LogP contribution in [0.3, 0.4) is 0 Å². The third-order valence-corrected chi connectivity index (χ3v) is 6.95. The van der Waals surface area contributed by atoms with E-state index in [0.717, 1.165) is 54.0 Å². The van der Waals surface area contributed by atoms with Crippen LogP contribution in [0, 0.1) is 5.92 Å². The highest BCUT2D eigenvalue weighted by Gasteiger charge is 2.33. The van der Waals surface area contributed by atoms with Gasteiger partial charge < -0.3 is 14.5 Å². The maximum atomic E-state index is 13.4. The fraction of sp³-hybridized carbons (Fsp3) is 0.367. The Labute approximate surface area is 203 Å². The molecule has 1 saturated heterocycles. The van der Waals surface area contributed by atoms with Gasteiger partial charge in [-0.1, -0.05) is 54.6 Å². The summed E-state index contributed by atoms with van der Waals surface area (Å²) in [4.78, 5) is 17.8. The molecule has 0 bridgehead atoms. The molecule has 1 aliphatic carbocycles. The first-order valence-corrected chi connectivity index (χ1v) is 12.5. The van der Waals surface area contributed by atoms with Gasteiger partial charge in [0.15, 0.2) is 0 Å². The van der Waals surface area contributed by atoms with Crippen LogP contribution >= 0.6 is 0 Å². The fourth-order valence-corrected chi connectivity index (χ4v) is 4.91.